The monoisotopic (exact) mass is 456 g/mol. The fraction of sp³-hybridized carbons (Fsp3) is 0.438. The van der Waals surface area contributed by atoms with Crippen LogP contribution in [-0.2, 0) is 5.16 Å². The van der Waals surface area contributed by atoms with Crippen LogP contribution in [0.15, 0.2) is 78.9 Å². The number of benzene rings is 3. The van der Waals surface area contributed by atoms with Crippen molar-refractivity contribution >= 4 is 13.2 Å². The summed E-state index contributed by atoms with van der Waals surface area (Å²) < 4.78 is 0. The Morgan fingerprint density at radius 2 is 1.39 bits per heavy atom. The maximum atomic E-state index is 2.49. The summed E-state index contributed by atoms with van der Waals surface area (Å²) in [7, 11) is -0.404. The van der Waals surface area contributed by atoms with Crippen molar-refractivity contribution < 1.29 is 0 Å². The highest BCUT2D eigenvalue weighted by molar-refractivity contribution is 7.67. The Labute approximate surface area is 203 Å². The number of rotatable bonds is 9. The summed E-state index contributed by atoms with van der Waals surface area (Å²) in [6.45, 7) is 9.41. The maximum absolute atomic E-state index is 2.49. The van der Waals surface area contributed by atoms with Crippen molar-refractivity contribution in [2.24, 2.45) is 5.92 Å². The Morgan fingerprint density at radius 1 is 0.758 bits per heavy atom. The number of hydrogen-bond acceptors (Lipinski definition) is 0. The van der Waals surface area contributed by atoms with Crippen LogP contribution in [0, 0.1) is 19.8 Å². The molecule has 0 spiro atoms. The fourth-order valence-electron chi connectivity index (χ4n) is 6.39. The van der Waals surface area contributed by atoms with Crippen LogP contribution in [0.4, 0.5) is 0 Å². The third kappa shape index (κ3) is 4.70. The van der Waals surface area contributed by atoms with E-state index in [1.54, 1.807) is 16.4 Å². The van der Waals surface area contributed by atoms with Gasteiger partial charge in [0.2, 0.25) is 0 Å². The van der Waals surface area contributed by atoms with Crippen LogP contribution in [-0.4, -0.2) is 0 Å². The first-order valence-electron chi connectivity index (χ1n) is 13.1. The zero-order valence-corrected chi connectivity index (χ0v) is 22.0. The van der Waals surface area contributed by atoms with Gasteiger partial charge in [0.05, 0.1) is 0 Å². The quantitative estimate of drug-likeness (QED) is 0.281. The van der Waals surface area contributed by atoms with Gasteiger partial charge < -0.3 is 0 Å². The molecule has 1 heterocycles. The van der Waals surface area contributed by atoms with Gasteiger partial charge in [-0.3, -0.25) is 0 Å². The highest BCUT2D eigenvalue weighted by atomic mass is 31.1. The van der Waals surface area contributed by atoms with Gasteiger partial charge in [-0.15, -0.1) is 0 Å². The van der Waals surface area contributed by atoms with Gasteiger partial charge in [0, 0.05) is 10.8 Å². The summed E-state index contributed by atoms with van der Waals surface area (Å²) in [5.41, 5.74) is 6.83. The standard InChI is InChI=1S/C32H41P/c1-5-7-18-27-24-31(29-21-14-12-16-25(29)3)33(28-19-10-9-11-20-28)32(27,23-8-6-2)30-22-15-13-17-26(30)4/h9-17,19-22,27,31H,5-8,18,23-24H2,1-4H3. The molecular weight excluding hydrogens is 415 g/mol. The molecule has 1 saturated heterocycles. The van der Waals surface area contributed by atoms with Crippen molar-refractivity contribution in [3.05, 3.63) is 101 Å². The lowest BCUT2D eigenvalue weighted by Gasteiger charge is -2.44. The molecule has 1 aliphatic rings. The van der Waals surface area contributed by atoms with Crippen LogP contribution in [0.5, 0.6) is 0 Å². The van der Waals surface area contributed by atoms with Crippen LogP contribution in [0.25, 0.3) is 0 Å². The lowest BCUT2D eigenvalue weighted by atomic mass is 9.75. The van der Waals surface area contributed by atoms with Crippen molar-refractivity contribution in [3.8, 4) is 0 Å². The lowest BCUT2D eigenvalue weighted by molar-refractivity contribution is 0.325. The van der Waals surface area contributed by atoms with Crippen molar-refractivity contribution in [3.63, 3.8) is 0 Å². The lowest BCUT2D eigenvalue weighted by Crippen LogP contribution is -2.33. The SMILES string of the molecule is CCCCC1CC(c2ccccc2C)P(c2ccccc2)C1(CCCC)c1ccccc1C. The molecule has 0 amide bonds. The second-order valence-electron chi connectivity index (χ2n) is 10.00. The van der Waals surface area contributed by atoms with Crippen LogP contribution in [0.2, 0.25) is 0 Å². The average molecular weight is 457 g/mol. The van der Waals surface area contributed by atoms with Gasteiger partial charge in [0.15, 0.2) is 0 Å². The van der Waals surface area contributed by atoms with E-state index < -0.39 is 7.92 Å². The molecule has 0 nitrogen and oxygen atoms in total. The molecule has 0 radical (unpaired) electrons. The van der Waals surface area contributed by atoms with E-state index in [9.17, 15) is 0 Å². The molecular formula is C32H41P. The topological polar surface area (TPSA) is 0 Å². The van der Waals surface area contributed by atoms with Gasteiger partial charge in [0.1, 0.15) is 0 Å². The van der Waals surface area contributed by atoms with E-state index in [2.05, 4.69) is 107 Å². The number of aryl methyl sites for hydroxylation is 2. The van der Waals surface area contributed by atoms with Crippen LogP contribution in [0.1, 0.15) is 86.7 Å². The van der Waals surface area contributed by atoms with Crippen LogP contribution < -0.4 is 5.30 Å². The van der Waals surface area contributed by atoms with Gasteiger partial charge in [-0.1, -0.05) is 126 Å². The van der Waals surface area contributed by atoms with Crippen LogP contribution >= 0.6 is 7.92 Å². The first-order valence-corrected chi connectivity index (χ1v) is 14.5. The van der Waals surface area contributed by atoms with E-state index in [1.807, 2.05) is 0 Å². The molecule has 33 heavy (non-hydrogen) atoms. The Hall–Kier alpha value is -1.91. The summed E-state index contributed by atoms with van der Waals surface area (Å²) in [6.07, 6.45) is 9.18. The molecule has 0 aliphatic carbocycles. The molecule has 4 rings (SSSR count). The van der Waals surface area contributed by atoms with E-state index in [0.717, 1.165) is 5.92 Å². The molecule has 1 fully saturated rings. The predicted octanol–water partition coefficient (Wildman–Crippen LogP) is 9.45. The molecule has 1 heteroatoms. The smallest absolute Gasteiger partial charge is 0.0231 e. The Morgan fingerprint density at radius 3 is 2.06 bits per heavy atom. The minimum atomic E-state index is -0.404. The first-order chi connectivity index (χ1) is 16.1. The van der Waals surface area contributed by atoms with Crippen LogP contribution in [0.3, 0.4) is 0 Å². The van der Waals surface area contributed by atoms with Crippen molar-refractivity contribution in [2.75, 3.05) is 0 Å². The Kier molecular flexibility index (Phi) is 8.08. The van der Waals surface area contributed by atoms with Gasteiger partial charge in [0.25, 0.3) is 0 Å². The highest BCUT2D eigenvalue weighted by Crippen LogP contribution is 2.77. The molecule has 4 atom stereocenters. The third-order valence-electron chi connectivity index (χ3n) is 7.94. The highest BCUT2D eigenvalue weighted by Gasteiger charge is 2.55. The van der Waals surface area contributed by atoms with E-state index in [0.29, 0.717) is 5.66 Å². The molecule has 0 aromatic heterocycles. The first kappa shape index (κ1) is 24.2. The molecule has 4 unspecified atom stereocenters. The molecule has 174 valence electrons. The second kappa shape index (κ2) is 11.0. The van der Waals surface area contributed by atoms with Gasteiger partial charge >= 0.3 is 0 Å². The minimum Gasteiger partial charge on any atom is -0.0654 e. The van der Waals surface area contributed by atoms with E-state index in [1.165, 1.54) is 56.1 Å². The zero-order valence-electron chi connectivity index (χ0n) is 21.1. The molecule has 0 saturated carbocycles. The van der Waals surface area contributed by atoms with Gasteiger partial charge in [-0.05, 0) is 66.6 Å². The van der Waals surface area contributed by atoms with E-state index >= 15 is 0 Å². The predicted molar refractivity (Wildman–Crippen MR) is 147 cm³/mol. The summed E-state index contributed by atoms with van der Waals surface area (Å²) >= 11 is 0. The van der Waals surface area contributed by atoms with E-state index in [-0.39, 0.29) is 5.16 Å². The molecule has 3 aromatic carbocycles. The fourth-order valence-corrected chi connectivity index (χ4v) is 10.8. The molecule has 3 aromatic rings. The molecule has 0 bridgehead atoms. The minimum absolute atomic E-state index is 0.250. The second-order valence-corrected chi connectivity index (χ2v) is 12.7. The zero-order chi connectivity index (χ0) is 23.3. The number of unbranched alkanes of at least 4 members (excludes halogenated alkanes) is 2. The van der Waals surface area contributed by atoms with Gasteiger partial charge in [-0.25, -0.2) is 0 Å². The van der Waals surface area contributed by atoms with E-state index in [4.69, 9.17) is 0 Å². The van der Waals surface area contributed by atoms with Crippen molar-refractivity contribution in [1.29, 1.82) is 0 Å². The van der Waals surface area contributed by atoms with Crippen molar-refractivity contribution in [1.82, 2.24) is 0 Å². The normalized spacial score (nSPS) is 24.8. The molecule has 0 N–H and O–H groups in total. The summed E-state index contributed by atoms with van der Waals surface area (Å²) in [4.78, 5) is 0. The summed E-state index contributed by atoms with van der Waals surface area (Å²) in [6, 6.07) is 30.2. The third-order valence-corrected chi connectivity index (χ3v) is 11.6. The average Bonchev–Trinajstić information content (AvgIpc) is 3.17. The molecule has 1 aliphatic heterocycles. The maximum Gasteiger partial charge on any atom is 0.0231 e. The Bertz CT molecular complexity index is 1020. The summed E-state index contributed by atoms with van der Waals surface area (Å²) in [5.74, 6) is 0.737. The van der Waals surface area contributed by atoms with Gasteiger partial charge in [-0.2, -0.15) is 0 Å². The number of hydrogen-bond donors (Lipinski definition) is 0. The Balaban J connectivity index is 1.99. The summed E-state index contributed by atoms with van der Waals surface area (Å²) in [5, 5.41) is 1.85. The largest absolute Gasteiger partial charge is 0.0654 e. The van der Waals surface area contributed by atoms with Crippen molar-refractivity contribution in [2.45, 2.75) is 83.5 Å².